The van der Waals surface area contributed by atoms with Crippen molar-refractivity contribution in [2.45, 2.75) is 13.5 Å². The molecule has 1 aromatic heterocycles. The van der Waals surface area contributed by atoms with E-state index in [1.165, 1.54) is 28.8 Å². The van der Waals surface area contributed by atoms with Gasteiger partial charge in [-0.2, -0.15) is 0 Å². The van der Waals surface area contributed by atoms with Crippen molar-refractivity contribution in [3.05, 3.63) is 99.5 Å². The summed E-state index contributed by atoms with van der Waals surface area (Å²) < 4.78 is 27.9. The van der Waals surface area contributed by atoms with Gasteiger partial charge in [-0.3, -0.25) is 9.59 Å². The zero-order valence-corrected chi connectivity index (χ0v) is 14.0. The number of carbonyl (C=O) groups is 1. The van der Waals surface area contributed by atoms with E-state index in [0.717, 1.165) is 5.56 Å². The molecule has 1 heterocycles. The van der Waals surface area contributed by atoms with Crippen LogP contribution in [0.1, 0.15) is 21.5 Å². The lowest BCUT2D eigenvalue weighted by Gasteiger charge is -2.09. The maximum atomic E-state index is 13.6. The van der Waals surface area contributed by atoms with Gasteiger partial charge in [0, 0.05) is 11.9 Å². The summed E-state index contributed by atoms with van der Waals surface area (Å²) in [6.45, 7) is 1.83. The van der Waals surface area contributed by atoms with Gasteiger partial charge in [0.2, 0.25) is 0 Å². The quantitative estimate of drug-likeness (QED) is 0.776. The molecule has 132 valence electrons. The van der Waals surface area contributed by atoms with Crippen molar-refractivity contribution in [2.75, 3.05) is 5.32 Å². The molecule has 0 fully saturated rings. The minimum absolute atomic E-state index is 0.0596. The van der Waals surface area contributed by atoms with Crippen molar-refractivity contribution < 1.29 is 13.6 Å². The number of carbonyl (C=O) groups excluding carboxylic acids is 1. The lowest BCUT2D eigenvalue weighted by atomic mass is 10.2. The smallest absolute Gasteiger partial charge is 0.263 e. The standard InChI is InChI=1S/C20H16F2N2O2/c1-13-4-9-16(11-18(13)22)23-19(25)17-3-2-10-24(20(17)26)12-14-5-7-15(21)8-6-14/h2-11H,12H2,1H3,(H,23,25). The number of aromatic nitrogens is 1. The Kier molecular flexibility index (Phi) is 4.93. The van der Waals surface area contributed by atoms with Crippen LogP contribution in [-0.2, 0) is 6.54 Å². The predicted molar refractivity (Wildman–Crippen MR) is 95.3 cm³/mol. The fraction of sp³-hybridized carbons (Fsp3) is 0.100. The summed E-state index contributed by atoms with van der Waals surface area (Å²) in [5.41, 5.74) is 0.917. The topological polar surface area (TPSA) is 51.1 Å². The molecule has 0 atom stereocenters. The lowest BCUT2D eigenvalue weighted by Crippen LogP contribution is -2.29. The molecule has 0 unspecified atom stereocenters. The Balaban J connectivity index is 1.83. The highest BCUT2D eigenvalue weighted by atomic mass is 19.1. The fourth-order valence-corrected chi connectivity index (χ4v) is 2.49. The molecule has 1 amide bonds. The predicted octanol–water partition coefficient (Wildman–Crippen LogP) is 3.74. The van der Waals surface area contributed by atoms with Gasteiger partial charge in [0.25, 0.3) is 11.5 Å². The molecule has 0 bridgehead atoms. The zero-order valence-electron chi connectivity index (χ0n) is 14.0. The molecule has 3 rings (SSSR count). The van der Waals surface area contributed by atoms with Crippen molar-refractivity contribution in [2.24, 2.45) is 0 Å². The molecule has 0 saturated heterocycles. The van der Waals surface area contributed by atoms with Gasteiger partial charge in [0.15, 0.2) is 0 Å². The van der Waals surface area contributed by atoms with Crippen LogP contribution >= 0.6 is 0 Å². The summed E-state index contributed by atoms with van der Waals surface area (Å²) >= 11 is 0. The third-order valence-corrected chi connectivity index (χ3v) is 3.96. The highest BCUT2D eigenvalue weighted by Gasteiger charge is 2.13. The second kappa shape index (κ2) is 7.31. The van der Waals surface area contributed by atoms with E-state index in [4.69, 9.17) is 0 Å². The summed E-state index contributed by atoms with van der Waals surface area (Å²) in [5.74, 6) is -1.42. The molecule has 0 aliphatic carbocycles. The first-order valence-electron chi connectivity index (χ1n) is 7.95. The first-order chi connectivity index (χ1) is 12.4. The van der Waals surface area contributed by atoms with Gasteiger partial charge in [0.1, 0.15) is 17.2 Å². The molecule has 0 aliphatic rings. The van der Waals surface area contributed by atoms with Crippen LogP contribution in [0.4, 0.5) is 14.5 Å². The van der Waals surface area contributed by atoms with Crippen molar-refractivity contribution in [1.29, 1.82) is 0 Å². The summed E-state index contributed by atoms with van der Waals surface area (Å²) in [7, 11) is 0. The molecular weight excluding hydrogens is 338 g/mol. The highest BCUT2D eigenvalue weighted by Crippen LogP contribution is 2.14. The van der Waals surface area contributed by atoms with Crippen LogP contribution in [0.5, 0.6) is 0 Å². The van der Waals surface area contributed by atoms with Gasteiger partial charge < -0.3 is 9.88 Å². The van der Waals surface area contributed by atoms with Crippen molar-refractivity contribution >= 4 is 11.6 Å². The normalized spacial score (nSPS) is 10.6. The average Bonchev–Trinajstić information content (AvgIpc) is 2.62. The SMILES string of the molecule is Cc1ccc(NC(=O)c2cccn(Cc3ccc(F)cc3)c2=O)cc1F. The van der Waals surface area contributed by atoms with Crippen LogP contribution in [0.3, 0.4) is 0 Å². The minimum atomic E-state index is -0.619. The highest BCUT2D eigenvalue weighted by molar-refractivity contribution is 6.03. The van der Waals surface area contributed by atoms with Gasteiger partial charge in [0.05, 0.1) is 6.54 Å². The molecule has 0 radical (unpaired) electrons. The van der Waals surface area contributed by atoms with E-state index >= 15 is 0 Å². The van der Waals surface area contributed by atoms with E-state index in [0.29, 0.717) is 5.56 Å². The molecular formula is C20H16F2N2O2. The van der Waals surface area contributed by atoms with Gasteiger partial charge in [-0.1, -0.05) is 18.2 Å². The number of anilines is 1. The van der Waals surface area contributed by atoms with E-state index in [2.05, 4.69) is 5.32 Å². The Hall–Kier alpha value is -3.28. The Morgan fingerprint density at radius 2 is 1.81 bits per heavy atom. The number of halogens is 2. The van der Waals surface area contributed by atoms with E-state index in [-0.39, 0.29) is 23.6 Å². The summed E-state index contributed by atoms with van der Waals surface area (Å²) in [6.07, 6.45) is 1.55. The largest absolute Gasteiger partial charge is 0.322 e. The summed E-state index contributed by atoms with van der Waals surface area (Å²) in [4.78, 5) is 24.9. The molecule has 4 nitrogen and oxygen atoms in total. The molecule has 6 heteroatoms. The molecule has 0 saturated carbocycles. The summed E-state index contributed by atoms with van der Waals surface area (Å²) in [5, 5.41) is 2.52. The third-order valence-electron chi connectivity index (χ3n) is 3.96. The van der Waals surface area contributed by atoms with Crippen LogP contribution in [0.25, 0.3) is 0 Å². The van der Waals surface area contributed by atoms with Crippen LogP contribution in [-0.4, -0.2) is 10.5 Å². The van der Waals surface area contributed by atoms with Crippen LogP contribution in [0.2, 0.25) is 0 Å². The number of nitrogens with one attached hydrogen (secondary N) is 1. The van der Waals surface area contributed by atoms with Gasteiger partial charge in [-0.15, -0.1) is 0 Å². The van der Waals surface area contributed by atoms with E-state index in [9.17, 15) is 18.4 Å². The second-order valence-corrected chi connectivity index (χ2v) is 5.90. The molecule has 26 heavy (non-hydrogen) atoms. The van der Waals surface area contributed by atoms with Crippen molar-refractivity contribution in [1.82, 2.24) is 4.57 Å². The van der Waals surface area contributed by atoms with Crippen molar-refractivity contribution in [3.8, 4) is 0 Å². The first-order valence-corrected chi connectivity index (χ1v) is 7.95. The lowest BCUT2D eigenvalue weighted by molar-refractivity contribution is 0.102. The summed E-state index contributed by atoms with van der Waals surface area (Å²) in [6, 6.07) is 13.1. The number of rotatable bonds is 4. The number of nitrogens with zero attached hydrogens (tertiary/aromatic N) is 1. The van der Waals surface area contributed by atoms with E-state index in [1.54, 1.807) is 43.5 Å². The number of benzene rings is 2. The van der Waals surface area contributed by atoms with Crippen LogP contribution in [0, 0.1) is 18.6 Å². The van der Waals surface area contributed by atoms with E-state index < -0.39 is 17.3 Å². The maximum Gasteiger partial charge on any atom is 0.263 e. The van der Waals surface area contributed by atoms with Crippen molar-refractivity contribution in [3.63, 3.8) is 0 Å². The average molecular weight is 354 g/mol. The Labute approximate surface area is 148 Å². The molecule has 1 N–H and O–H groups in total. The van der Waals surface area contributed by atoms with Gasteiger partial charge in [-0.05, 0) is 54.4 Å². The van der Waals surface area contributed by atoms with Crippen LogP contribution in [0.15, 0.2) is 65.6 Å². The fourth-order valence-electron chi connectivity index (χ4n) is 2.49. The molecule has 2 aromatic carbocycles. The van der Waals surface area contributed by atoms with Gasteiger partial charge in [-0.25, -0.2) is 8.78 Å². The second-order valence-electron chi connectivity index (χ2n) is 5.90. The zero-order chi connectivity index (χ0) is 18.7. The molecule has 3 aromatic rings. The maximum absolute atomic E-state index is 13.6. The number of hydrogen-bond donors (Lipinski definition) is 1. The molecule has 0 spiro atoms. The molecule has 0 aliphatic heterocycles. The Morgan fingerprint density at radius 3 is 2.50 bits per heavy atom. The van der Waals surface area contributed by atoms with E-state index in [1.807, 2.05) is 0 Å². The third kappa shape index (κ3) is 3.85. The minimum Gasteiger partial charge on any atom is -0.322 e. The monoisotopic (exact) mass is 354 g/mol. The number of hydrogen-bond acceptors (Lipinski definition) is 2. The van der Waals surface area contributed by atoms with Crippen LogP contribution < -0.4 is 10.9 Å². The van der Waals surface area contributed by atoms with Gasteiger partial charge >= 0.3 is 0 Å². The Morgan fingerprint density at radius 1 is 1.08 bits per heavy atom. The number of amides is 1. The number of pyridine rings is 1. The first kappa shape index (κ1) is 17.5. The number of aryl methyl sites for hydroxylation is 1. The Bertz CT molecular complexity index is 1010.